The molecule has 4 saturated carbocycles. The van der Waals surface area contributed by atoms with Gasteiger partial charge in [0.05, 0.1) is 0 Å². The molecule has 0 N–H and O–H groups in total. The van der Waals surface area contributed by atoms with Crippen molar-refractivity contribution in [1.82, 2.24) is 0 Å². The summed E-state index contributed by atoms with van der Waals surface area (Å²) in [6.07, 6.45) is 10.7. The molecular weight excluding hydrogens is 272 g/mol. The summed E-state index contributed by atoms with van der Waals surface area (Å²) in [5.41, 5.74) is 0.414. The largest absolute Gasteiger partial charge is 0.300 e. The summed E-state index contributed by atoms with van der Waals surface area (Å²) in [5.74, 6) is 3.88. The van der Waals surface area contributed by atoms with Crippen LogP contribution in [0.5, 0.6) is 0 Å². The second kappa shape index (κ2) is 4.92. The molecule has 0 saturated heterocycles. The highest BCUT2D eigenvalue weighted by Crippen LogP contribution is 2.65. The van der Waals surface area contributed by atoms with Crippen molar-refractivity contribution in [3.63, 3.8) is 0 Å². The first-order valence-corrected chi connectivity index (χ1v) is 9.56. The Balaban J connectivity index is 1.66. The third-order valence-corrected chi connectivity index (χ3v) is 8.56. The van der Waals surface area contributed by atoms with Gasteiger partial charge in [-0.05, 0) is 74.0 Å². The van der Waals surface area contributed by atoms with Gasteiger partial charge in [0.15, 0.2) is 0 Å². The third kappa shape index (κ3) is 1.79. The predicted octanol–water partition coefficient (Wildman–Crippen LogP) is 4.56. The van der Waals surface area contributed by atoms with Crippen LogP contribution in [0.1, 0.15) is 78.1 Å². The van der Waals surface area contributed by atoms with Gasteiger partial charge in [-0.3, -0.25) is 9.59 Å². The Morgan fingerprint density at radius 1 is 1.00 bits per heavy atom. The fourth-order valence-corrected chi connectivity index (χ4v) is 7.27. The number of hydrogen-bond donors (Lipinski definition) is 0. The highest BCUT2D eigenvalue weighted by molar-refractivity contribution is 5.87. The van der Waals surface area contributed by atoms with E-state index in [1.165, 1.54) is 19.3 Å². The molecule has 0 amide bonds. The number of hydrogen-bond acceptors (Lipinski definition) is 2. The summed E-state index contributed by atoms with van der Waals surface area (Å²) in [4.78, 5) is 24.5. The van der Waals surface area contributed by atoms with Crippen molar-refractivity contribution in [2.75, 3.05) is 0 Å². The summed E-state index contributed by atoms with van der Waals surface area (Å²) in [6.45, 7) is 4.72. The maximum Gasteiger partial charge on any atom is 0.139 e. The molecule has 0 aromatic carbocycles. The Kier molecular flexibility index (Phi) is 3.33. The van der Waals surface area contributed by atoms with Crippen molar-refractivity contribution in [1.29, 1.82) is 0 Å². The minimum Gasteiger partial charge on any atom is -0.300 e. The van der Waals surface area contributed by atoms with Gasteiger partial charge >= 0.3 is 0 Å². The van der Waals surface area contributed by atoms with E-state index in [1.54, 1.807) is 0 Å². The van der Waals surface area contributed by atoms with Gasteiger partial charge in [0.2, 0.25) is 0 Å². The maximum atomic E-state index is 12.6. The van der Waals surface area contributed by atoms with Crippen LogP contribution >= 0.6 is 0 Å². The van der Waals surface area contributed by atoms with Crippen LogP contribution in [0.4, 0.5) is 0 Å². The molecule has 6 atom stereocenters. The van der Waals surface area contributed by atoms with Crippen LogP contribution in [-0.2, 0) is 9.59 Å². The predicted molar refractivity (Wildman–Crippen MR) is 86.4 cm³/mol. The Bertz CT molecular complexity index is 510. The number of rotatable bonds is 1. The van der Waals surface area contributed by atoms with E-state index in [0.29, 0.717) is 28.8 Å². The van der Waals surface area contributed by atoms with Gasteiger partial charge < -0.3 is 0 Å². The number of fused-ring (bicyclic) bond motifs is 5. The molecule has 0 radical (unpaired) electrons. The number of carbonyl (C=O) groups is 2. The molecule has 4 rings (SSSR count). The van der Waals surface area contributed by atoms with Gasteiger partial charge in [0, 0.05) is 24.7 Å². The topological polar surface area (TPSA) is 34.1 Å². The lowest BCUT2D eigenvalue weighted by Gasteiger charge is -2.59. The molecule has 0 bridgehead atoms. The Hall–Kier alpha value is -0.660. The highest BCUT2D eigenvalue weighted by atomic mass is 16.1. The highest BCUT2D eigenvalue weighted by Gasteiger charge is 2.61. The zero-order valence-electron chi connectivity index (χ0n) is 14.2. The molecule has 0 aliphatic heterocycles. The van der Waals surface area contributed by atoms with Gasteiger partial charge in [-0.25, -0.2) is 0 Å². The van der Waals surface area contributed by atoms with E-state index in [-0.39, 0.29) is 5.41 Å². The van der Waals surface area contributed by atoms with E-state index in [1.807, 2.05) is 0 Å². The molecule has 1 unspecified atom stereocenters. The summed E-state index contributed by atoms with van der Waals surface area (Å²) in [5, 5.41) is 0. The lowest BCUT2D eigenvalue weighted by Crippen LogP contribution is -2.54. The van der Waals surface area contributed by atoms with Crippen LogP contribution in [0.3, 0.4) is 0 Å². The number of carbonyl (C=O) groups excluding carboxylic acids is 2. The maximum absolute atomic E-state index is 12.6. The zero-order chi connectivity index (χ0) is 15.5. The van der Waals surface area contributed by atoms with Gasteiger partial charge in [-0.15, -0.1) is 0 Å². The molecule has 4 aliphatic carbocycles. The van der Waals surface area contributed by atoms with Crippen molar-refractivity contribution in [2.24, 2.45) is 34.5 Å². The number of Topliss-reactive ketones (excluding diaryl/α,β-unsaturated/α-hetero) is 2. The fraction of sp³-hybridized carbons (Fsp3) is 0.900. The third-order valence-electron chi connectivity index (χ3n) is 8.56. The quantitative estimate of drug-likeness (QED) is 0.711. The van der Waals surface area contributed by atoms with Gasteiger partial charge in [-0.1, -0.05) is 13.8 Å². The summed E-state index contributed by atoms with van der Waals surface area (Å²) in [6, 6.07) is 0. The van der Waals surface area contributed by atoms with Crippen molar-refractivity contribution in [3.8, 4) is 0 Å². The van der Waals surface area contributed by atoms with E-state index in [4.69, 9.17) is 0 Å². The summed E-state index contributed by atoms with van der Waals surface area (Å²) < 4.78 is 0. The zero-order valence-corrected chi connectivity index (χ0v) is 14.2. The van der Waals surface area contributed by atoms with Crippen LogP contribution in [0.15, 0.2) is 0 Å². The van der Waals surface area contributed by atoms with Crippen LogP contribution in [0.2, 0.25) is 0 Å². The van der Waals surface area contributed by atoms with Crippen molar-refractivity contribution < 1.29 is 9.59 Å². The molecule has 0 aromatic heterocycles. The smallest absolute Gasteiger partial charge is 0.139 e. The first kappa shape index (κ1) is 14.9. The van der Waals surface area contributed by atoms with Crippen molar-refractivity contribution >= 4 is 11.6 Å². The number of ketones is 2. The second-order valence-electron chi connectivity index (χ2n) is 8.91. The lowest BCUT2D eigenvalue weighted by molar-refractivity contribution is -0.146. The second-order valence-corrected chi connectivity index (χ2v) is 8.91. The average Bonchev–Trinajstić information content (AvgIpc) is 2.86. The Morgan fingerprint density at radius 3 is 2.59 bits per heavy atom. The normalized spacial score (nSPS) is 51.2. The molecule has 0 spiro atoms. The van der Waals surface area contributed by atoms with Gasteiger partial charge in [-0.2, -0.15) is 0 Å². The molecule has 122 valence electrons. The lowest BCUT2D eigenvalue weighted by atomic mass is 9.45. The van der Waals surface area contributed by atoms with Crippen LogP contribution in [-0.4, -0.2) is 11.6 Å². The minimum absolute atomic E-state index is 0.0366. The first-order valence-electron chi connectivity index (χ1n) is 9.56. The molecule has 4 fully saturated rings. The van der Waals surface area contributed by atoms with Gasteiger partial charge in [0.25, 0.3) is 0 Å². The molecule has 22 heavy (non-hydrogen) atoms. The van der Waals surface area contributed by atoms with Gasteiger partial charge in [0.1, 0.15) is 11.6 Å². The molecular formula is C20H30O2. The molecule has 2 heteroatoms. The van der Waals surface area contributed by atoms with Crippen LogP contribution in [0, 0.1) is 34.5 Å². The fourth-order valence-electron chi connectivity index (χ4n) is 7.27. The van der Waals surface area contributed by atoms with E-state index < -0.39 is 0 Å². The van der Waals surface area contributed by atoms with E-state index in [9.17, 15) is 9.59 Å². The Labute approximate surface area is 134 Å². The molecule has 0 aromatic rings. The average molecular weight is 302 g/mol. The van der Waals surface area contributed by atoms with Crippen LogP contribution in [0.25, 0.3) is 0 Å². The van der Waals surface area contributed by atoms with Crippen molar-refractivity contribution in [2.45, 2.75) is 78.1 Å². The standard InChI is InChI=1S/C20H30O2/c1-3-20-11-9-16-15(17(20)6-7-18(20)22)5-4-13-12-14(21)8-10-19(13,16)2/h13,15-17H,3-12H2,1-2H3/t13?,15-,16+,17+,19+,20+/m1/s1. The monoisotopic (exact) mass is 302 g/mol. The van der Waals surface area contributed by atoms with Crippen LogP contribution < -0.4 is 0 Å². The minimum atomic E-state index is 0.0366. The first-order chi connectivity index (χ1) is 10.5. The molecule has 0 heterocycles. The van der Waals surface area contributed by atoms with E-state index >= 15 is 0 Å². The SMILES string of the molecule is CC[C@]12CC[C@H]3[C@@H](CCC4CC(=O)CC[C@@]43C)[C@@H]1CCC2=O. The molecule has 4 aliphatic rings. The summed E-state index contributed by atoms with van der Waals surface area (Å²) in [7, 11) is 0. The van der Waals surface area contributed by atoms with E-state index in [2.05, 4.69) is 13.8 Å². The summed E-state index contributed by atoms with van der Waals surface area (Å²) >= 11 is 0. The Morgan fingerprint density at radius 2 is 1.82 bits per heavy atom. The molecule has 2 nitrogen and oxygen atoms in total. The van der Waals surface area contributed by atoms with E-state index in [0.717, 1.165) is 56.8 Å². The van der Waals surface area contributed by atoms with Crippen molar-refractivity contribution in [3.05, 3.63) is 0 Å².